The lowest BCUT2D eigenvalue weighted by Gasteiger charge is -2.13. The van der Waals surface area contributed by atoms with E-state index in [0.717, 1.165) is 51.4 Å². The Kier molecular flexibility index (Phi) is 7.17. The van der Waals surface area contributed by atoms with E-state index in [2.05, 4.69) is 5.32 Å². The van der Waals surface area contributed by atoms with Gasteiger partial charge in [-0.3, -0.25) is 14.2 Å². The highest BCUT2D eigenvalue weighted by atomic mass is 32.2. The van der Waals surface area contributed by atoms with Gasteiger partial charge >= 0.3 is 0 Å². The number of thioether (sulfide) groups is 2. The Morgan fingerprint density at radius 1 is 1.20 bits per heavy atom. The Labute approximate surface area is 216 Å². The minimum absolute atomic E-state index is 0.0749. The van der Waals surface area contributed by atoms with Gasteiger partial charge in [-0.1, -0.05) is 17.8 Å². The third kappa shape index (κ3) is 4.98. The molecular weight excluding hydrogens is 499 g/mol. The number of rotatable bonds is 8. The third-order valence-corrected chi connectivity index (χ3v) is 8.65. The third-order valence-electron chi connectivity index (χ3n) is 5.80. The molecule has 180 valence electrons. The van der Waals surface area contributed by atoms with Crippen LogP contribution < -0.4 is 15.6 Å². The van der Waals surface area contributed by atoms with E-state index in [1.54, 1.807) is 27.7 Å². The number of nitrogens with one attached hydrogen (secondary N) is 1. The topological polar surface area (TPSA) is 73.2 Å². The molecule has 0 aliphatic heterocycles. The highest BCUT2D eigenvalue weighted by molar-refractivity contribution is 7.99. The summed E-state index contributed by atoms with van der Waals surface area (Å²) in [7, 11) is 0. The lowest BCUT2D eigenvalue weighted by atomic mass is 10.2. The predicted molar refractivity (Wildman–Crippen MR) is 146 cm³/mol. The number of hydrogen-bond donors (Lipinski definition) is 1. The molecule has 5 rings (SSSR count). The van der Waals surface area contributed by atoms with Crippen molar-refractivity contribution in [3.05, 3.63) is 69.3 Å². The Balaban J connectivity index is 1.48. The first-order chi connectivity index (χ1) is 17.1. The fourth-order valence-corrected chi connectivity index (χ4v) is 6.81. The summed E-state index contributed by atoms with van der Waals surface area (Å²) in [4.78, 5) is 34.5. The molecule has 0 atom stereocenters. The highest BCUT2D eigenvalue weighted by Gasteiger charge is 2.24. The second-order valence-corrected chi connectivity index (χ2v) is 11.0. The van der Waals surface area contributed by atoms with Crippen molar-refractivity contribution in [2.24, 2.45) is 0 Å². The molecule has 0 saturated carbocycles. The SMILES string of the molecule is CCOc1ccc(-n2c(SCC(=O)Nc3cccc(SC)c3)nc3sc4c(c3c2=O)CCC4)cc1. The van der Waals surface area contributed by atoms with E-state index in [1.807, 2.05) is 61.7 Å². The normalized spacial score (nSPS) is 12.6. The maximum Gasteiger partial charge on any atom is 0.267 e. The van der Waals surface area contributed by atoms with E-state index < -0.39 is 0 Å². The van der Waals surface area contributed by atoms with Crippen LogP contribution in [0.5, 0.6) is 5.75 Å². The van der Waals surface area contributed by atoms with Crippen molar-refractivity contribution in [1.82, 2.24) is 9.55 Å². The van der Waals surface area contributed by atoms with Gasteiger partial charge in [-0.15, -0.1) is 23.1 Å². The molecule has 6 nitrogen and oxygen atoms in total. The number of hydrogen-bond acceptors (Lipinski definition) is 7. The first-order valence-electron chi connectivity index (χ1n) is 11.4. The zero-order chi connectivity index (χ0) is 24.4. The standard InChI is InChI=1S/C26H25N3O3S3/c1-3-32-18-12-10-17(11-13-18)29-25(31)23-20-8-5-9-21(20)35-24(23)28-26(29)34-15-22(30)27-16-6-4-7-19(14-16)33-2/h4,6-7,10-14H,3,5,8-9,15H2,1-2H3,(H,27,30). The molecule has 0 saturated heterocycles. The summed E-state index contributed by atoms with van der Waals surface area (Å²) in [5, 5.41) is 4.18. The summed E-state index contributed by atoms with van der Waals surface area (Å²) in [5.41, 5.74) is 2.53. The summed E-state index contributed by atoms with van der Waals surface area (Å²) >= 11 is 4.51. The van der Waals surface area contributed by atoms with E-state index >= 15 is 0 Å². The molecule has 1 amide bonds. The van der Waals surface area contributed by atoms with Crippen molar-refractivity contribution < 1.29 is 9.53 Å². The number of benzene rings is 2. The molecule has 1 N–H and O–H groups in total. The van der Waals surface area contributed by atoms with Crippen LogP contribution in [0.15, 0.2) is 63.4 Å². The first kappa shape index (κ1) is 24.0. The molecule has 9 heteroatoms. The highest BCUT2D eigenvalue weighted by Crippen LogP contribution is 2.36. The molecule has 4 aromatic rings. The molecule has 2 heterocycles. The average molecular weight is 524 g/mol. The van der Waals surface area contributed by atoms with Crippen molar-refractivity contribution in [1.29, 1.82) is 0 Å². The molecule has 1 aliphatic carbocycles. The maximum absolute atomic E-state index is 13.8. The molecule has 2 aromatic heterocycles. The van der Waals surface area contributed by atoms with E-state index in [9.17, 15) is 9.59 Å². The van der Waals surface area contributed by atoms with Gasteiger partial charge in [0.05, 0.1) is 23.4 Å². The zero-order valence-corrected chi connectivity index (χ0v) is 21.9. The monoisotopic (exact) mass is 523 g/mol. The quantitative estimate of drug-likeness (QED) is 0.233. The van der Waals surface area contributed by atoms with Gasteiger partial charge in [-0.05, 0) is 80.5 Å². The summed E-state index contributed by atoms with van der Waals surface area (Å²) < 4.78 is 7.20. The fourth-order valence-electron chi connectivity index (χ4n) is 4.24. The van der Waals surface area contributed by atoms with Gasteiger partial charge in [0.2, 0.25) is 5.91 Å². The number of thiophene rings is 1. The average Bonchev–Trinajstić information content (AvgIpc) is 3.45. The van der Waals surface area contributed by atoms with E-state index in [0.29, 0.717) is 17.5 Å². The molecule has 2 aromatic carbocycles. The van der Waals surface area contributed by atoms with Crippen LogP contribution in [0.2, 0.25) is 0 Å². The Morgan fingerprint density at radius 3 is 2.80 bits per heavy atom. The van der Waals surface area contributed by atoms with Crippen LogP contribution in [-0.2, 0) is 17.6 Å². The molecule has 0 spiro atoms. The number of ether oxygens (including phenoxy) is 1. The molecule has 0 radical (unpaired) electrons. The van der Waals surface area contributed by atoms with Crippen molar-refractivity contribution in [3.8, 4) is 11.4 Å². The van der Waals surface area contributed by atoms with Gasteiger partial charge < -0.3 is 10.1 Å². The van der Waals surface area contributed by atoms with Crippen molar-refractivity contribution in [2.45, 2.75) is 36.2 Å². The lowest BCUT2D eigenvalue weighted by Crippen LogP contribution is -2.23. The molecule has 0 bridgehead atoms. The molecule has 35 heavy (non-hydrogen) atoms. The second-order valence-electron chi connectivity index (χ2n) is 8.07. The van der Waals surface area contributed by atoms with Crippen molar-refractivity contribution in [2.75, 3.05) is 23.9 Å². The van der Waals surface area contributed by atoms with Gasteiger partial charge in [0.25, 0.3) is 5.56 Å². The largest absolute Gasteiger partial charge is 0.494 e. The number of amides is 1. The minimum Gasteiger partial charge on any atom is -0.494 e. The molecule has 1 aliphatic rings. The van der Waals surface area contributed by atoms with Gasteiger partial charge in [-0.25, -0.2) is 4.98 Å². The Bertz CT molecular complexity index is 1440. The van der Waals surface area contributed by atoms with Crippen LogP contribution in [-0.4, -0.2) is 34.1 Å². The van der Waals surface area contributed by atoms with Gasteiger partial charge in [-0.2, -0.15) is 0 Å². The molecule has 0 fully saturated rings. The number of aryl methyl sites for hydroxylation is 2. The van der Waals surface area contributed by atoms with Crippen LogP contribution in [0.4, 0.5) is 5.69 Å². The molecular formula is C26H25N3O3S3. The lowest BCUT2D eigenvalue weighted by molar-refractivity contribution is -0.113. The summed E-state index contributed by atoms with van der Waals surface area (Å²) in [5.74, 6) is 0.745. The van der Waals surface area contributed by atoms with Crippen LogP contribution in [0.1, 0.15) is 23.8 Å². The minimum atomic E-state index is -0.144. The van der Waals surface area contributed by atoms with Gasteiger partial charge in [0, 0.05) is 15.5 Å². The smallest absolute Gasteiger partial charge is 0.267 e. The second kappa shape index (κ2) is 10.5. The van der Waals surface area contributed by atoms with Crippen LogP contribution in [0.3, 0.4) is 0 Å². The van der Waals surface area contributed by atoms with Crippen molar-refractivity contribution in [3.63, 3.8) is 0 Å². The number of carbonyl (C=O) groups excluding carboxylic acids is 1. The summed E-state index contributed by atoms with van der Waals surface area (Å²) in [6.07, 6.45) is 4.99. The summed E-state index contributed by atoms with van der Waals surface area (Å²) in [6, 6.07) is 15.2. The summed E-state index contributed by atoms with van der Waals surface area (Å²) in [6.45, 7) is 2.51. The Morgan fingerprint density at radius 2 is 2.03 bits per heavy atom. The maximum atomic E-state index is 13.8. The number of aromatic nitrogens is 2. The van der Waals surface area contributed by atoms with Crippen LogP contribution in [0, 0.1) is 0 Å². The first-order valence-corrected chi connectivity index (χ1v) is 14.5. The zero-order valence-electron chi connectivity index (χ0n) is 19.5. The number of nitrogens with zero attached hydrogens (tertiary/aromatic N) is 2. The van der Waals surface area contributed by atoms with E-state index in [-0.39, 0.29) is 17.2 Å². The van der Waals surface area contributed by atoms with Crippen LogP contribution >= 0.6 is 34.9 Å². The predicted octanol–water partition coefficient (Wildman–Crippen LogP) is 5.79. The van der Waals surface area contributed by atoms with E-state index in [1.165, 1.54) is 16.6 Å². The fraction of sp³-hybridized carbons (Fsp3) is 0.269. The number of anilines is 1. The molecule has 0 unspecified atom stereocenters. The number of carbonyl (C=O) groups is 1. The van der Waals surface area contributed by atoms with E-state index in [4.69, 9.17) is 9.72 Å². The van der Waals surface area contributed by atoms with Gasteiger partial charge in [0.1, 0.15) is 10.6 Å². The number of fused-ring (bicyclic) bond motifs is 3. The van der Waals surface area contributed by atoms with Crippen LogP contribution in [0.25, 0.3) is 15.9 Å². The van der Waals surface area contributed by atoms with Crippen molar-refractivity contribution >= 4 is 56.7 Å². The Hall–Kier alpha value is -2.75. The van der Waals surface area contributed by atoms with Gasteiger partial charge in [0.15, 0.2) is 5.16 Å².